The van der Waals surface area contributed by atoms with E-state index >= 15 is 0 Å². The van der Waals surface area contributed by atoms with Crippen molar-refractivity contribution in [3.63, 3.8) is 0 Å². The standard InChI is InChI=1S/C22H25Cl2N3O4S/c1-3-26(14-20(28)25-21-17(23)6-4-7-18(21)24)22(29)19-8-5-13-27(19)32(30,31)16-11-9-15(2)10-12-16/h4,6-7,9-12,19H,3,5,8,13-14H2,1-2H3,(H,25,28)/t19-/m0/s1. The quantitative estimate of drug-likeness (QED) is 0.627. The molecule has 172 valence electrons. The number of carbonyl (C=O) groups excluding carboxylic acids is 2. The normalized spacial score (nSPS) is 16.7. The highest BCUT2D eigenvalue weighted by atomic mass is 35.5. The SMILES string of the molecule is CCN(CC(=O)Nc1c(Cl)cccc1Cl)C(=O)[C@@H]1CCCN1S(=O)(=O)c1ccc(C)cc1. The van der Waals surface area contributed by atoms with Crippen molar-refractivity contribution < 1.29 is 18.0 Å². The fraction of sp³-hybridized carbons (Fsp3) is 0.364. The number of nitrogens with zero attached hydrogens (tertiary/aromatic N) is 2. The van der Waals surface area contributed by atoms with Crippen LogP contribution in [0.5, 0.6) is 0 Å². The third-order valence-corrected chi connectivity index (χ3v) is 7.92. The molecule has 0 aromatic heterocycles. The molecule has 0 unspecified atom stereocenters. The van der Waals surface area contributed by atoms with Gasteiger partial charge in [0, 0.05) is 13.1 Å². The lowest BCUT2D eigenvalue weighted by Gasteiger charge is -2.29. The van der Waals surface area contributed by atoms with E-state index in [1.54, 1.807) is 49.4 Å². The Kier molecular flexibility index (Phi) is 7.82. The van der Waals surface area contributed by atoms with Crippen molar-refractivity contribution in [1.29, 1.82) is 0 Å². The minimum absolute atomic E-state index is 0.150. The number of benzene rings is 2. The number of anilines is 1. The minimum atomic E-state index is -3.83. The maximum absolute atomic E-state index is 13.2. The monoisotopic (exact) mass is 497 g/mol. The van der Waals surface area contributed by atoms with Crippen molar-refractivity contribution in [1.82, 2.24) is 9.21 Å². The Hall–Kier alpha value is -2.13. The molecule has 0 spiro atoms. The molecule has 7 nitrogen and oxygen atoms in total. The van der Waals surface area contributed by atoms with E-state index in [1.807, 2.05) is 6.92 Å². The first-order valence-electron chi connectivity index (χ1n) is 10.3. The zero-order valence-electron chi connectivity index (χ0n) is 17.8. The molecule has 0 saturated carbocycles. The van der Waals surface area contributed by atoms with Crippen LogP contribution in [-0.2, 0) is 19.6 Å². The Bertz CT molecular complexity index is 1090. The first-order valence-corrected chi connectivity index (χ1v) is 12.5. The number of amides is 2. The van der Waals surface area contributed by atoms with Gasteiger partial charge in [-0.2, -0.15) is 4.31 Å². The number of rotatable bonds is 7. The number of sulfonamides is 1. The maximum atomic E-state index is 13.2. The van der Waals surface area contributed by atoms with Crippen molar-refractivity contribution in [2.45, 2.75) is 37.6 Å². The number of likely N-dealkylation sites (N-methyl/N-ethyl adjacent to an activating group) is 1. The Labute approximate surface area is 198 Å². The lowest BCUT2D eigenvalue weighted by Crippen LogP contribution is -2.49. The van der Waals surface area contributed by atoms with Gasteiger partial charge in [0.05, 0.1) is 27.2 Å². The zero-order valence-corrected chi connectivity index (χ0v) is 20.2. The van der Waals surface area contributed by atoms with Crippen molar-refractivity contribution >= 4 is 50.7 Å². The van der Waals surface area contributed by atoms with E-state index in [9.17, 15) is 18.0 Å². The highest BCUT2D eigenvalue weighted by Crippen LogP contribution is 2.30. The van der Waals surface area contributed by atoms with Gasteiger partial charge in [-0.25, -0.2) is 8.42 Å². The van der Waals surface area contributed by atoms with Crippen LogP contribution in [0.3, 0.4) is 0 Å². The van der Waals surface area contributed by atoms with Gasteiger partial charge in [0.2, 0.25) is 21.8 Å². The third-order valence-electron chi connectivity index (χ3n) is 5.37. The molecule has 2 amide bonds. The van der Waals surface area contributed by atoms with E-state index in [0.717, 1.165) is 5.56 Å². The van der Waals surface area contributed by atoms with E-state index < -0.39 is 27.9 Å². The molecule has 10 heteroatoms. The van der Waals surface area contributed by atoms with Gasteiger partial charge in [0.15, 0.2) is 0 Å². The molecule has 32 heavy (non-hydrogen) atoms. The summed E-state index contributed by atoms with van der Waals surface area (Å²) >= 11 is 12.2. The zero-order chi connectivity index (χ0) is 23.5. The molecule has 2 aromatic carbocycles. The van der Waals surface area contributed by atoms with Crippen LogP contribution in [-0.4, -0.2) is 55.1 Å². The molecule has 1 saturated heterocycles. The fourth-order valence-electron chi connectivity index (χ4n) is 3.65. The number of halogens is 2. The fourth-order valence-corrected chi connectivity index (χ4v) is 5.79. The predicted molar refractivity (Wildman–Crippen MR) is 125 cm³/mol. The molecule has 0 aliphatic carbocycles. The van der Waals surface area contributed by atoms with Crippen LogP contribution in [0.4, 0.5) is 5.69 Å². The smallest absolute Gasteiger partial charge is 0.244 e. The summed E-state index contributed by atoms with van der Waals surface area (Å²) in [6, 6.07) is 10.5. The lowest BCUT2D eigenvalue weighted by molar-refractivity contribution is -0.137. The molecule has 1 aliphatic heterocycles. The van der Waals surface area contributed by atoms with Gasteiger partial charge in [0.25, 0.3) is 0 Å². The summed E-state index contributed by atoms with van der Waals surface area (Å²) in [5.41, 5.74) is 1.22. The second-order valence-corrected chi connectivity index (χ2v) is 10.3. The molecule has 1 atom stereocenters. The average Bonchev–Trinajstić information content (AvgIpc) is 3.25. The molecule has 1 fully saturated rings. The second kappa shape index (κ2) is 10.2. The molecule has 0 radical (unpaired) electrons. The summed E-state index contributed by atoms with van der Waals surface area (Å²) in [5.74, 6) is -0.873. The lowest BCUT2D eigenvalue weighted by atomic mass is 10.2. The highest BCUT2D eigenvalue weighted by molar-refractivity contribution is 7.89. The molecular weight excluding hydrogens is 473 g/mol. The molecule has 1 aliphatic rings. The molecule has 3 rings (SSSR count). The van der Waals surface area contributed by atoms with Crippen molar-refractivity contribution in [3.05, 3.63) is 58.1 Å². The summed E-state index contributed by atoms with van der Waals surface area (Å²) in [4.78, 5) is 27.3. The Morgan fingerprint density at radius 3 is 2.34 bits per heavy atom. The second-order valence-electron chi connectivity index (χ2n) is 7.58. The van der Waals surface area contributed by atoms with Gasteiger partial charge in [-0.05, 0) is 51.0 Å². The van der Waals surface area contributed by atoms with Crippen molar-refractivity contribution in [2.24, 2.45) is 0 Å². The van der Waals surface area contributed by atoms with Gasteiger partial charge in [-0.1, -0.05) is 47.0 Å². The van der Waals surface area contributed by atoms with Crippen molar-refractivity contribution in [2.75, 3.05) is 25.0 Å². The van der Waals surface area contributed by atoms with Crippen molar-refractivity contribution in [3.8, 4) is 0 Å². The van der Waals surface area contributed by atoms with Crippen LogP contribution >= 0.6 is 23.2 Å². The van der Waals surface area contributed by atoms with Crippen LogP contribution < -0.4 is 5.32 Å². The topological polar surface area (TPSA) is 86.8 Å². The van der Waals surface area contributed by atoms with Crippen LogP contribution in [0, 0.1) is 6.92 Å². The Morgan fingerprint density at radius 2 is 1.75 bits per heavy atom. The van der Waals surface area contributed by atoms with Gasteiger partial charge in [0.1, 0.15) is 6.04 Å². The van der Waals surface area contributed by atoms with Gasteiger partial charge >= 0.3 is 0 Å². The summed E-state index contributed by atoms with van der Waals surface area (Å²) in [6.45, 7) is 3.87. The summed E-state index contributed by atoms with van der Waals surface area (Å²) in [5, 5.41) is 3.20. The Balaban J connectivity index is 1.75. The molecular formula is C22H25Cl2N3O4S. The number of aryl methyl sites for hydroxylation is 1. The van der Waals surface area contributed by atoms with E-state index in [-0.39, 0.29) is 40.3 Å². The number of hydrogen-bond acceptors (Lipinski definition) is 4. The molecule has 1 heterocycles. The van der Waals surface area contributed by atoms with E-state index in [4.69, 9.17) is 23.2 Å². The average molecular weight is 498 g/mol. The minimum Gasteiger partial charge on any atom is -0.332 e. The van der Waals surface area contributed by atoms with Crippen LogP contribution in [0.1, 0.15) is 25.3 Å². The molecule has 1 N–H and O–H groups in total. The summed E-state index contributed by atoms with van der Waals surface area (Å²) in [6.07, 6.45) is 0.971. The first kappa shape index (κ1) is 24.5. The number of hydrogen-bond donors (Lipinski definition) is 1. The predicted octanol–water partition coefficient (Wildman–Crippen LogP) is 3.94. The third kappa shape index (κ3) is 5.26. The van der Waals surface area contributed by atoms with Crippen LogP contribution in [0.25, 0.3) is 0 Å². The van der Waals surface area contributed by atoms with E-state index in [0.29, 0.717) is 12.8 Å². The van der Waals surface area contributed by atoms with Gasteiger partial charge < -0.3 is 10.2 Å². The van der Waals surface area contributed by atoms with Gasteiger partial charge in [-0.3, -0.25) is 9.59 Å². The number of nitrogens with one attached hydrogen (secondary N) is 1. The summed E-state index contributed by atoms with van der Waals surface area (Å²) < 4.78 is 27.6. The first-order chi connectivity index (χ1) is 15.1. The number of carbonyl (C=O) groups is 2. The number of para-hydroxylation sites is 1. The molecule has 0 bridgehead atoms. The van der Waals surface area contributed by atoms with E-state index in [2.05, 4.69) is 5.32 Å². The highest BCUT2D eigenvalue weighted by Gasteiger charge is 2.41. The van der Waals surface area contributed by atoms with Crippen LogP contribution in [0.2, 0.25) is 10.0 Å². The maximum Gasteiger partial charge on any atom is 0.244 e. The van der Waals surface area contributed by atoms with Gasteiger partial charge in [-0.15, -0.1) is 0 Å². The van der Waals surface area contributed by atoms with E-state index in [1.165, 1.54) is 9.21 Å². The largest absolute Gasteiger partial charge is 0.332 e. The van der Waals surface area contributed by atoms with Crippen LogP contribution in [0.15, 0.2) is 47.4 Å². The molecule has 2 aromatic rings. The summed E-state index contributed by atoms with van der Waals surface area (Å²) in [7, 11) is -3.83. The Morgan fingerprint density at radius 1 is 1.12 bits per heavy atom.